The Bertz CT molecular complexity index is 459. The van der Waals surface area contributed by atoms with Gasteiger partial charge in [-0.1, -0.05) is 0 Å². The van der Waals surface area contributed by atoms with Crippen LogP contribution in [0, 0.1) is 11.3 Å². The fourth-order valence-corrected chi connectivity index (χ4v) is 1.22. The molecule has 0 rings (SSSR count). The normalized spacial score (nSPS) is 14.3. The van der Waals surface area contributed by atoms with Crippen LogP contribution in [0.3, 0.4) is 0 Å². The fraction of sp³-hybridized carbons (Fsp3) is 0.583. The predicted octanol–water partition coefficient (Wildman–Crippen LogP) is 4.07. The Morgan fingerprint density at radius 1 is 1.14 bits per heavy atom. The van der Waals surface area contributed by atoms with E-state index in [1.54, 1.807) is 6.07 Å². The zero-order chi connectivity index (χ0) is 17.6. The molecule has 0 fully saturated rings. The Morgan fingerprint density at radius 2 is 1.68 bits per heavy atom. The van der Waals surface area contributed by atoms with Gasteiger partial charge in [-0.05, 0) is 25.3 Å². The molecule has 0 aromatic rings. The number of hydrogen-bond donors (Lipinski definition) is 0. The van der Waals surface area contributed by atoms with Crippen molar-refractivity contribution in [2.45, 2.75) is 24.9 Å². The summed E-state index contributed by atoms with van der Waals surface area (Å²) in [7, 11) is 0. The third-order valence-electron chi connectivity index (χ3n) is 2.41. The SMILES string of the molecule is C/C(C#N)=C/C=C/N(CCF)CC(F)(F)C(F)(F)C(F)(F)F. The van der Waals surface area contributed by atoms with Crippen molar-refractivity contribution < 1.29 is 35.1 Å². The summed E-state index contributed by atoms with van der Waals surface area (Å²) in [6.07, 6.45) is -3.65. The molecule has 0 atom stereocenters. The average Bonchev–Trinajstić information content (AvgIpc) is 2.36. The average molecular weight is 336 g/mol. The lowest BCUT2D eigenvalue weighted by atomic mass is 10.1. The number of halogens is 8. The minimum Gasteiger partial charge on any atom is -0.369 e. The highest BCUT2D eigenvalue weighted by molar-refractivity contribution is 5.22. The summed E-state index contributed by atoms with van der Waals surface area (Å²) < 4.78 is 100. The highest BCUT2D eigenvalue weighted by Crippen LogP contribution is 2.46. The van der Waals surface area contributed by atoms with Crippen LogP contribution in [0.1, 0.15) is 6.92 Å². The molecule has 0 amide bonds. The summed E-state index contributed by atoms with van der Waals surface area (Å²) in [5, 5.41) is 8.42. The zero-order valence-corrected chi connectivity index (χ0v) is 11.3. The number of alkyl halides is 8. The van der Waals surface area contributed by atoms with Crippen LogP contribution in [-0.4, -0.2) is 42.7 Å². The van der Waals surface area contributed by atoms with Gasteiger partial charge in [0, 0.05) is 12.1 Å². The molecule has 126 valence electrons. The number of rotatable bonds is 7. The molecule has 0 radical (unpaired) electrons. The standard InChI is InChI=1S/C12H12F8N2/c1-9(7-21)3-2-5-22(6-4-13)8-10(14,15)11(16,17)12(18,19)20/h2-3,5H,4,6,8H2,1H3/b5-2+,9-3-. The van der Waals surface area contributed by atoms with E-state index in [1.807, 2.05) is 0 Å². The molecule has 0 aliphatic heterocycles. The smallest absolute Gasteiger partial charge is 0.369 e. The van der Waals surface area contributed by atoms with Crippen molar-refractivity contribution in [3.05, 3.63) is 23.9 Å². The first-order valence-electron chi connectivity index (χ1n) is 5.76. The Kier molecular flexibility index (Phi) is 6.86. The van der Waals surface area contributed by atoms with E-state index < -0.39 is 37.8 Å². The zero-order valence-electron chi connectivity index (χ0n) is 11.3. The molecule has 0 N–H and O–H groups in total. The van der Waals surface area contributed by atoms with E-state index in [-0.39, 0.29) is 10.5 Å². The molecule has 22 heavy (non-hydrogen) atoms. The lowest BCUT2D eigenvalue weighted by molar-refractivity contribution is -0.355. The first-order valence-corrected chi connectivity index (χ1v) is 5.76. The van der Waals surface area contributed by atoms with Crippen LogP contribution in [0.25, 0.3) is 0 Å². The molecule has 10 heteroatoms. The molecule has 2 nitrogen and oxygen atoms in total. The number of nitrogens with zero attached hydrogens (tertiary/aromatic N) is 2. The van der Waals surface area contributed by atoms with Crippen molar-refractivity contribution in [2.24, 2.45) is 0 Å². The fourth-order valence-electron chi connectivity index (χ4n) is 1.22. The van der Waals surface area contributed by atoms with Crippen molar-refractivity contribution >= 4 is 0 Å². The molecule has 0 aliphatic rings. The van der Waals surface area contributed by atoms with E-state index in [4.69, 9.17) is 5.26 Å². The maximum atomic E-state index is 13.2. The molecule has 0 aromatic heterocycles. The van der Waals surface area contributed by atoms with Gasteiger partial charge in [0.05, 0.1) is 12.6 Å². The molecule has 0 bridgehead atoms. The molecule has 0 saturated heterocycles. The summed E-state index contributed by atoms with van der Waals surface area (Å²) >= 11 is 0. The highest BCUT2D eigenvalue weighted by atomic mass is 19.4. The van der Waals surface area contributed by atoms with E-state index in [0.717, 1.165) is 12.2 Å². The second-order valence-electron chi connectivity index (χ2n) is 4.24. The van der Waals surface area contributed by atoms with Crippen molar-refractivity contribution in [1.82, 2.24) is 4.90 Å². The molecule has 0 aliphatic carbocycles. The third kappa shape index (κ3) is 5.20. The van der Waals surface area contributed by atoms with E-state index >= 15 is 0 Å². The maximum absolute atomic E-state index is 13.2. The van der Waals surface area contributed by atoms with Crippen LogP contribution in [0.4, 0.5) is 35.1 Å². The van der Waals surface area contributed by atoms with E-state index in [0.29, 0.717) is 6.20 Å². The van der Waals surface area contributed by atoms with Gasteiger partial charge in [-0.25, -0.2) is 4.39 Å². The lowest BCUT2D eigenvalue weighted by Gasteiger charge is -2.32. The first kappa shape index (κ1) is 20.2. The van der Waals surface area contributed by atoms with Gasteiger partial charge < -0.3 is 4.90 Å². The Labute approximate surface area is 121 Å². The molecule has 0 aromatic carbocycles. The molecular formula is C12H12F8N2. The van der Waals surface area contributed by atoms with Crippen molar-refractivity contribution in [3.63, 3.8) is 0 Å². The molecule has 0 heterocycles. The highest BCUT2D eigenvalue weighted by Gasteiger charge is 2.73. The number of allylic oxidation sites excluding steroid dienone is 3. The summed E-state index contributed by atoms with van der Waals surface area (Å²) in [6, 6.07) is 1.66. The maximum Gasteiger partial charge on any atom is 0.459 e. The summed E-state index contributed by atoms with van der Waals surface area (Å²) in [5.74, 6) is -11.7. The minimum atomic E-state index is -6.43. The Hall–Kier alpha value is -1.79. The van der Waals surface area contributed by atoms with Crippen LogP contribution >= 0.6 is 0 Å². The largest absolute Gasteiger partial charge is 0.459 e. The van der Waals surface area contributed by atoms with Crippen LogP contribution < -0.4 is 0 Å². The van der Waals surface area contributed by atoms with Gasteiger partial charge in [0.25, 0.3) is 0 Å². The van der Waals surface area contributed by atoms with Crippen LogP contribution in [0.15, 0.2) is 23.9 Å². The summed E-state index contributed by atoms with van der Waals surface area (Å²) in [6.45, 7) is -2.73. The second-order valence-corrected chi connectivity index (χ2v) is 4.24. The van der Waals surface area contributed by atoms with E-state index in [9.17, 15) is 35.1 Å². The van der Waals surface area contributed by atoms with Crippen LogP contribution in [0.2, 0.25) is 0 Å². The van der Waals surface area contributed by atoms with Gasteiger partial charge in [0.1, 0.15) is 6.67 Å². The molecular weight excluding hydrogens is 324 g/mol. The Balaban J connectivity index is 5.21. The van der Waals surface area contributed by atoms with Gasteiger partial charge >= 0.3 is 18.0 Å². The number of nitriles is 1. The predicted molar refractivity (Wildman–Crippen MR) is 62.0 cm³/mol. The van der Waals surface area contributed by atoms with Crippen LogP contribution in [0.5, 0.6) is 0 Å². The van der Waals surface area contributed by atoms with E-state index in [2.05, 4.69) is 0 Å². The monoisotopic (exact) mass is 336 g/mol. The third-order valence-corrected chi connectivity index (χ3v) is 2.41. The van der Waals surface area contributed by atoms with Gasteiger partial charge in [0.2, 0.25) is 0 Å². The van der Waals surface area contributed by atoms with Crippen molar-refractivity contribution in [2.75, 3.05) is 19.8 Å². The molecule has 0 saturated carbocycles. The first-order chi connectivity index (χ1) is 9.89. The quantitative estimate of drug-likeness (QED) is 0.398. The minimum absolute atomic E-state index is 0.129. The second kappa shape index (κ2) is 7.47. The topological polar surface area (TPSA) is 27.0 Å². The van der Waals surface area contributed by atoms with Crippen LogP contribution in [-0.2, 0) is 0 Å². The molecule has 0 spiro atoms. The van der Waals surface area contributed by atoms with Crippen molar-refractivity contribution in [1.29, 1.82) is 5.26 Å². The van der Waals surface area contributed by atoms with Gasteiger partial charge in [-0.3, -0.25) is 0 Å². The van der Waals surface area contributed by atoms with E-state index in [1.165, 1.54) is 6.92 Å². The Morgan fingerprint density at radius 3 is 2.09 bits per heavy atom. The lowest BCUT2D eigenvalue weighted by Crippen LogP contribution is -2.56. The number of hydrogen-bond acceptors (Lipinski definition) is 2. The van der Waals surface area contributed by atoms with Gasteiger partial charge in [-0.2, -0.15) is 36.0 Å². The summed E-state index contributed by atoms with van der Waals surface area (Å²) in [4.78, 5) is 0.279. The molecule has 0 unspecified atom stereocenters. The summed E-state index contributed by atoms with van der Waals surface area (Å²) in [5.41, 5.74) is 0.129. The van der Waals surface area contributed by atoms with Gasteiger partial charge in [0.15, 0.2) is 0 Å². The van der Waals surface area contributed by atoms with Crippen molar-refractivity contribution in [3.8, 4) is 6.07 Å². The van der Waals surface area contributed by atoms with Gasteiger partial charge in [-0.15, -0.1) is 0 Å².